The van der Waals surface area contributed by atoms with Crippen molar-refractivity contribution in [2.24, 2.45) is 0 Å². The average molecular weight is 443 g/mol. The molecule has 1 aromatic carbocycles. The lowest BCUT2D eigenvalue weighted by Gasteiger charge is -2.24. The molecule has 1 unspecified atom stereocenters. The van der Waals surface area contributed by atoms with Crippen molar-refractivity contribution in [3.05, 3.63) is 71.6 Å². The Bertz CT molecular complexity index is 1470. The topological polar surface area (TPSA) is 95.8 Å². The second kappa shape index (κ2) is 7.93. The summed E-state index contributed by atoms with van der Waals surface area (Å²) in [6, 6.07) is 10.0. The molecule has 0 radical (unpaired) electrons. The van der Waals surface area contributed by atoms with Gasteiger partial charge in [0.05, 0.1) is 12.4 Å². The van der Waals surface area contributed by atoms with Crippen molar-refractivity contribution < 1.29 is 4.39 Å². The molecule has 0 saturated heterocycles. The zero-order valence-corrected chi connectivity index (χ0v) is 18.1. The van der Waals surface area contributed by atoms with Gasteiger partial charge >= 0.3 is 0 Å². The van der Waals surface area contributed by atoms with E-state index in [1.165, 1.54) is 34.4 Å². The van der Waals surface area contributed by atoms with Gasteiger partial charge in [-0.3, -0.25) is 4.98 Å². The van der Waals surface area contributed by atoms with E-state index in [-0.39, 0.29) is 6.04 Å². The quantitative estimate of drug-likeness (QED) is 0.386. The summed E-state index contributed by atoms with van der Waals surface area (Å²) in [6.07, 6.45) is 7.34. The number of hydrogen-bond donors (Lipinski definition) is 3. The summed E-state index contributed by atoms with van der Waals surface area (Å²) in [5.74, 6) is 0.585. The monoisotopic (exact) mass is 442 g/mol. The summed E-state index contributed by atoms with van der Waals surface area (Å²) in [5.41, 5.74) is 5.99. The molecule has 4 heterocycles. The highest BCUT2D eigenvalue weighted by Crippen LogP contribution is 2.30. The number of aromatic nitrogens is 6. The first-order chi connectivity index (χ1) is 16.2. The number of nitrogens with one attached hydrogen (secondary N) is 3. The van der Waals surface area contributed by atoms with Gasteiger partial charge in [-0.1, -0.05) is 18.2 Å². The van der Waals surface area contributed by atoms with Crippen LogP contribution >= 0.6 is 0 Å². The number of pyridine rings is 1. The Balaban J connectivity index is 1.40. The Morgan fingerprint density at radius 1 is 1.18 bits per heavy atom. The third-order valence-electron chi connectivity index (χ3n) is 6.20. The van der Waals surface area contributed by atoms with Crippen molar-refractivity contribution in [1.82, 2.24) is 34.9 Å². The lowest BCUT2D eigenvalue weighted by Crippen LogP contribution is -2.29. The molecule has 166 valence electrons. The highest BCUT2D eigenvalue weighted by molar-refractivity contribution is 5.85. The number of H-pyrrole nitrogens is 1. The van der Waals surface area contributed by atoms with Gasteiger partial charge in [-0.2, -0.15) is 14.6 Å². The molecular weight excluding hydrogens is 419 g/mol. The van der Waals surface area contributed by atoms with Crippen LogP contribution in [0.3, 0.4) is 0 Å². The fraction of sp³-hybridized carbons (Fsp3) is 0.250. The Labute approximate surface area is 189 Å². The zero-order valence-electron chi connectivity index (χ0n) is 18.1. The fourth-order valence-electron chi connectivity index (χ4n) is 4.67. The first-order valence-corrected chi connectivity index (χ1v) is 11.0. The highest BCUT2D eigenvalue weighted by atomic mass is 19.1. The summed E-state index contributed by atoms with van der Waals surface area (Å²) in [4.78, 5) is 16.9. The van der Waals surface area contributed by atoms with Crippen LogP contribution in [-0.4, -0.2) is 42.6 Å². The second-order valence-electron chi connectivity index (χ2n) is 8.41. The molecule has 4 aromatic heterocycles. The van der Waals surface area contributed by atoms with Crippen LogP contribution in [-0.2, 0) is 19.4 Å². The van der Waals surface area contributed by atoms with Crippen molar-refractivity contribution >= 4 is 22.5 Å². The number of aromatic amines is 1. The molecule has 0 fully saturated rings. The minimum atomic E-state index is -0.423. The van der Waals surface area contributed by atoms with Crippen LogP contribution in [0.1, 0.15) is 23.2 Å². The van der Waals surface area contributed by atoms with Crippen molar-refractivity contribution in [3.63, 3.8) is 0 Å². The van der Waals surface area contributed by atoms with Gasteiger partial charge in [0.2, 0.25) is 5.95 Å². The van der Waals surface area contributed by atoms with E-state index in [2.05, 4.69) is 54.9 Å². The molecule has 0 amide bonds. The molecule has 0 spiro atoms. The number of benzene rings is 1. The number of halogens is 1. The molecule has 8 nitrogen and oxygen atoms in total. The molecule has 6 rings (SSSR count). The number of para-hydroxylation sites is 1. The van der Waals surface area contributed by atoms with Gasteiger partial charge in [-0.05, 0) is 44.0 Å². The van der Waals surface area contributed by atoms with E-state index < -0.39 is 5.82 Å². The van der Waals surface area contributed by atoms with E-state index in [1.807, 2.05) is 7.05 Å². The number of fused-ring (bicyclic) bond motifs is 4. The number of nitrogens with zero attached hydrogens (tertiary/aromatic N) is 5. The minimum Gasteiger partial charge on any atom is -0.358 e. The van der Waals surface area contributed by atoms with E-state index in [0.717, 1.165) is 24.8 Å². The van der Waals surface area contributed by atoms with Crippen LogP contribution < -0.4 is 10.6 Å². The predicted molar refractivity (Wildman–Crippen MR) is 124 cm³/mol. The van der Waals surface area contributed by atoms with Gasteiger partial charge in [0.15, 0.2) is 11.5 Å². The Morgan fingerprint density at radius 2 is 2.09 bits per heavy atom. The third kappa shape index (κ3) is 3.50. The van der Waals surface area contributed by atoms with E-state index in [9.17, 15) is 4.39 Å². The van der Waals surface area contributed by atoms with Gasteiger partial charge in [-0.25, -0.2) is 9.37 Å². The predicted octanol–water partition coefficient (Wildman–Crippen LogP) is 3.50. The molecular formula is C24H23FN8. The lowest BCUT2D eigenvalue weighted by molar-refractivity contribution is 0.599. The summed E-state index contributed by atoms with van der Waals surface area (Å²) >= 11 is 0. The van der Waals surface area contributed by atoms with E-state index in [1.54, 1.807) is 16.9 Å². The molecule has 1 aliphatic carbocycles. The number of hydrogen-bond acceptors (Lipinski definition) is 6. The average Bonchev–Trinajstić information content (AvgIpc) is 3.41. The van der Waals surface area contributed by atoms with Gasteiger partial charge in [0.1, 0.15) is 5.82 Å². The Morgan fingerprint density at radius 3 is 2.97 bits per heavy atom. The minimum absolute atomic E-state index is 0.185. The summed E-state index contributed by atoms with van der Waals surface area (Å²) in [6.45, 7) is 0.614. The van der Waals surface area contributed by atoms with Crippen molar-refractivity contribution in [2.45, 2.75) is 31.8 Å². The van der Waals surface area contributed by atoms with Crippen molar-refractivity contribution in [3.8, 4) is 11.4 Å². The molecule has 0 aliphatic heterocycles. The molecule has 33 heavy (non-hydrogen) atoms. The maximum atomic E-state index is 13.9. The van der Waals surface area contributed by atoms with Gasteiger partial charge in [0.25, 0.3) is 0 Å². The second-order valence-corrected chi connectivity index (χ2v) is 8.41. The lowest BCUT2D eigenvalue weighted by atomic mass is 9.91. The van der Waals surface area contributed by atoms with Gasteiger partial charge in [0, 0.05) is 46.5 Å². The fourth-order valence-corrected chi connectivity index (χ4v) is 4.67. The Kier molecular flexibility index (Phi) is 4.76. The number of anilines is 1. The maximum absolute atomic E-state index is 13.9. The molecule has 5 aromatic rings. The first kappa shape index (κ1) is 19.8. The normalized spacial score (nSPS) is 15.8. The summed E-state index contributed by atoms with van der Waals surface area (Å²) in [5, 5.41) is 12.6. The third-order valence-corrected chi connectivity index (χ3v) is 6.20. The summed E-state index contributed by atoms with van der Waals surface area (Å²) < 4.78 is 15.6. The SMILES string of the molecule is CNCc1cnn2c(NC3CCc4[nH]c5ccccc5c4C3)nc(-c3cncc(F)c3)nc12. The van der Waals surface area contributed by atoms with E-state index in [4.69, 9.17) is 4.98 Å². The van der Waals surface area contributed by atoms with Crippen LogP contribution in [0, 0.1) is 5.82 Å². The van der Waals surface area contributed by atoms with Crippen LogP contribution in [0.2, 0.25) is 0 Å². The van der Waals surface area contributed by atoms with Crippen LogP contribution in [0.15, 0.2) is 48.9 Å². The largest absolute Gasteiger partial charge is 0.358 e. The van der Waals surface area contributed by atoms with Gasteiger partial charge < -0.3 is 15.6 Å². The number of aryl methyl sites for hydroxylation is 1. The molecule has 9 heteroatoms. The van der Waals surface area contributed by atoms with Crippen LogP contribution in [0.4, 0.5) is 10.3 Å². The van der Waals surface area contributed by atoms with Crippen LogP contribution in [0.5, 0.6) is 0 Å². The van der Waals surface area contributed by atoms with Crippen LogP contribution in [0.25, 0.3) is 27.9 Å². The standard InChI is InChI=1S/C24H23FN8/c1-26-10-15-12-28-33-23(15)31-22(14-8-16(25)13-27-11-14)32-24(33)29-17-6-7-21-19(9-17)18-4-2-3-5-20(18)30-21/h2-5,8,11-13,17,26,30H,6-7,9-10H2,1H3,(H,29,31,32). The zero-order chi connectivity index (χ0) is 22.4. The molecule has 3 N–H and O–H groups in total. The molecule has 0 bridgehead atoms. The maximum Gasteiger partial charge on any atom is 0.228 e. The molecule has 1 aliphatic rings. The van der Waals surface area contributed by atoms with E-state index >= 15 is 0 Å². The first-order valence-electron chi connectivity index (χ1n) is 11.0. The number of rotatable bonds is 5. The molecule has 0 saturated carbocycles. The smallest absolute Gasteiger partial charge is 0.228 e. The molecule has 1 atom stereocenters. The highest BCUT2D eigenvalue weighted by Gasteiger charge is 2.24. The Hall–Kier alpha value is -3.85. The summed E-state index contributed by atoms with van der Waals surface area (Å²) in [7, 11) is 1.88. The van der Waals surface area contributed by atoms with E-state index in [0.29, 0.717) is 29.5 Å². The van der Waals surface area contributed by atoms with Crippen molar-refractivity contribution in [2.75, 3.05) is 12.4 Å². The van der Waals surface area contributed by atoms with Gasteiger partial charge in [-0.15, -0.1) is 0 Å². The van der Waals surface area contributed by atoms with Crippen molar-refractivity contribution in [1.29, 1.82) is 0 Å².